The third kappa shape index (κ3) is 4.65. The highest BCUT2D eigenvalue weighted by Gasteiger charge is 2.17. The maximum absolute atomic E-state index is 11.7. The van der Waals surface area contributed by atoms with Crippen molar-refractivity contribution in [2.75, 3.05) is 20.7 Å². The Labute approximate surface area is 114 Å². The molecule has 0 aromatic heterocycles. The molecule has 104 valence electrons. The van der Waals surface area contributed by atoms with Crippen molar-refractivity contribution in [3.05, 3.63) is 35.4 Å². The summed E-state index contributed by atoms with van der Waals surface area (Å²) in [5.41, 5.74) is 1.63. The number of aliphatic hydroxyl groups excluding tert-OH is 1. The molecule has 19 heavy (non-hydrogen) atoms. The van der Waals surface area contributed by atoms with Crippen LogP contribution in [0.3, 0.4) is 0 Å². The second kappa shape index (κ2) is 6.68. The predicted molar refractivity (Wildman–Crippen MR) is 74.6 cm³/mol. The van der Waals surface area contributed by atoms with Gasteiger partial charge in [0.05, 0.1) is 0 Å². The van der Waals surface area contributed by atoms with Crippen LogP contribution in [0.5, 0.6) is 0 Å². The van der Waals surface area contributed by atoms with Crippen molar-refractivity contribution in [3.8, 4) is 11.8 Å². The van der Waals surface area contributed by atoms with Crippen LogP contribution in [0.4, 0.5) is 0 Å². The van der Waals surface area contributed by atoms with E-state index in [1.807, 2.05) is 12.1 Å². The van der Waals surface area contributed by atoms with Crippen molar-refractivity contribution in [1.82, 2.24) is 9.03 Å². The van der Waals surface area contributed by atoms with E-state index in [9.17, 15) is 8.42 Å². The second-order valence-electron chi connectivity index (χ2n) is 4.21. The molecular weight excluding hydrogens is 264 g/mol. The maximum atomic E-state index is 11.7. The quantitative estimate of drug-likeness (QED) is 0.790. The summed E-state index contributed by atoms with van der Waals surface area (Å²) in [4.78, 5) is 0. The summed E-state index contributed by atoms with van der Waals surface area (Å²) in [6.45, 7) is 1.59. The Morgan fingerprint density at radius 2 is 1.89 bits per heavy atom. The Balaban J connectivity index is 2.81. The lowest BCUT2D eigenvalue weighted by Gasteiger charge is -2.18. The molecule has 0 fully saturated rings. The van der Waals surface area contributed by atoms with E-state index >= 15 is 0 Å². The fourth-order valence-electron chi connectivity index (χ4n) is 1.39. The average molecular weight is 282 g/mol. The molecule has 1 aromatic carbocycles. The van der Waals surface area contributed by atoms with Crippen LogP contribution >= 0.6 is 0 Å². The molecule has 0 saturated heterocycles. The lowest BCUT2D eigenvalue weighted by atomic mass is 10.1. The highest BCUT2D eigenvalue weighted by atomic mass is 32.2. The van der Waals surface area contributed by atoms with Gasteiger partial charge in [0.25, 0.3) is 10.2 Å². The SMILES string of the molecule is CC(NS(=O)(=O)N(C)C)c1ccc(C#CCO)cc1. The van der Waals surface area contributed by atoms with Crippen molar-refractivity contribution in [2.24, 2.45) is 0 Å². The molecule has 2 N–H and O–H groups in total. The number of hydrogen-bond acceptors (Lipinski definition) is 3. The summed E-state index contributed by atoms with van der Waals surface area (Å²) in [6.07, 6.45) is 0. The fourth-order valence-corrected chi connectivity index (χ4v) is 2.19. The molecule has 6 heteroatoms. The van der Waals surface area contributed by atoms with Gasteiger partial charge >= 0.3 is 0 Å². The van der Waals surface area contributed by atoms with Gasteiger partial charge < -0.3 is 5.11 Å². The molecular formula is C13H18N2O3S. The van der Waals surface area contributed by atoms with Crippen LogP contribution in [-0.2, 0) is 10.2 Å². The number of benzene rings is 1. The Bertz CT molecular complexity index is 568. The van der Waals surface area contributed by atoms with E-state index in [0.717, 1.165) is 15.4 Å². The molecule has 0 bridgehead atoms. The van der Waals surface area contributed by atoms with Crippen LogP contribution in [0.15, 0.2) is 24.3 Å². The minimum absolute atomic E-state index is 0.180. The van der Waals surface area contributed by atoms with E-state index in [4.69, 9.17) is 5.11 Å². The van der Waals surface area contributed by atoms with E-state index in [-0.39, 0.29) is 12.6 Å². The molecule has 1 rings (SSSR count). The minimum Gasteiger partial charge on any atom is -0.384 e. The minimum atomic E-state index is -3.45. The van der Waals surface area contributed by atoms with Crippen LogP contribution in [-0.4, -0.2) is 38.5 Å². The van der Waals surface area contributed by atoms with Gasteiger partial charge in [0, 0.05) is 25.7 Å². The molecule has 0 aliphatic rings. The van der Waals surface area contributed by atoms with E-state index in [0.29, 0.717) is 0 Å². The smallest absolute Gasteiger partial charge is 0.279 e. The van der Waals surface area contributed by atoms with Crippen LogP contribution in [0.25, 0.3) is 0 Å². The zero-order valence-corrected chi connectivity index (χ0v) is 12.0. The summed E-state index contributed by atoms with van der Waals surface area (Å²) in [7, 11) is -0.498. The normalized spacial score (nSPS) is 12.9. The van der Waals surface area contributed by atoms with Gasteiger partial charge in [-0.15, -0.1) is 0 Å². The van der Waals surface area contributed by atoms with Crippen molar-refractivity contribution >= 4 is 10.2 Å². The zero-order chi connectivity index (χ0) is 14.5. The highest BCUT2D eigenvalue weighted by molar-refractivity contribution is 7.87. The van der Waals surface area contributed by atoms with E-state index in [1.54, 1.807) is 19.1 Å². The van der Waals surface area contributed by atoms with Crippen molar-refractivity contribution in [1.29, 1.82) is 0 Å². The van der Waals surface area contributed by atoms with Gasteiger partial charge in [0.1, 0.15) is 6.61 Å². The van der Waals surface area contributed by atoms with Crippen LogP contribution < -0.4 is 4.72 Å². The standard InChI is InChI=1S/C13H18N2O3S/c1-11(14-19(17,18)15(2)3)13-8-6-12(7-9-13)5-4-10-16/h6-9,11,14,16H,10H2,1-3H3. The Kier molecular flexibility index (Phi) is 5.51. The topological polar surface area (TPSA) is 69.6 Å². The molecule has 0 amide bonds. The monoisotopic (exact) mass is 282 g/mol. The second-order valence-corrected chi connectivity index (χ2v) is 6.12. The van der Waals surface area contributed by atoms with Crippen LogP contribution in [0.2, 0.25) is 0 Å². The first-order chi connectivity index (χ1) is 8.86. The molecule has 0 aliphatic carbocycles. The largest absolute Gasteiger partial charge is 0.384 e. The van der Waals surface area contributed by atoms with Crippen LogP contribution in [0, 0.1) is 11.8 Å². The average Bonchev–Trinajstić information content (AvgIpc) is 2.36. The molecule has 1 aromatic rings. The first kappa shape index (κ1) is 15.7. The van der Waals surface area contributed by atoms with Gasteiger partial charge in [-0.2, -0.15) is 17.4 Å². The van der Waals surface area contributed by atoms with E-state index < -0.39 is 10.2 Å². The highest BCUT2D eigenvalue weighted by Crippen LogP contribution is 2.14. The summed E-state index contributed by atoms with van der Waals surface area (Å²) in [5.74, 6) is 5.33. The summed E-state index contributed by atoms with van der Waals surface area (Å²) >= 11 is 0. The van der Waals surface area contributed by atoms with Crippen LogP contribution in [0.1, 0.15) is 24.1 Å². The van der Waals surface area contributed by atoms with Crippen molar-refractivity contribution in [3.63, 3.8) is 0 Å². The number of nitrogens with one attached hydrogen (secondary N) is 1. The van der Waals surface area contributed by atoms with Gasteiger partial charge in [0.2, 0.25) is 0 Å². The molecule has 0 radical (unpaired) electrons. The van der Waals surface area contributed by atoms with Gasteiger partial charge in [-0.05, 0) is 24.6 Å². The fraction of sp³-hybridized carbons (Fsp3) is 0.385. The predicted octanol–water partition coefficient (Wildman–Crippen LogP) is 0.487. The van der Waals surface area contributed by atoms with Gasteiger partial charge in [-0.25, -0.2) is 0 Å². The molecule has 0 aliphatic heterocycles. The van der Waals surface area contributed by atoms with E-state index in [2.05, 4.69) is 16.6 Å². The molecule has 1 unspecified atom stereocenters. The third-order valence-corrected chi connectivity index (χ3v) is 4.14. The number of rotatable bonds is 4. The summed E-state index contributed by atoms with van der Waals surface area (Å²) in [6, 6.07) is 6.87. The number of hydrogen-bond donors (Lipinski definition) is 2. The lowest BCUT2D eigenvalue weighted by Crippen LogP contribution is -2.37. The van der Waals surface area contributed by atoms with Crippen molar-refractivity contribution in [2.45, 2.75) is 13.0 Å². The van der Waals surface area contributed by atoms with Crippen molar-refractivity contribution < 1.29 is 13.5 Å². The van der Waals surface area contributed by atoms with Gasteiger partial charge in [-0.3, -0.25) is 0 Å². The Morgan fingerprint density at radius 1 is 1.32 bits per heavy atom. The van der Waals surface area contributed by atoms with Gasteiger partial charge in [-0.1, -0.05) is 24.0 Å². The third-order valence-electron chi connectivity index (χ3n) is 2.53. The van der Waals surface area contributed by atoms with Gasteiger partial charge in [0.15, 0.2) is 0 Å². The summed E-state index contributed by atoms with van der Waals surface area (Å²) in [5, 5.41) is 8.60. The first-order valence-corrected chi connectivity index (χ1v) is 7.20. The molecule has 0 saturated carbocycles. The maximum Gasteiger partial charge on any atom is 0.279 e. The Hall–Kier alpha value is -1.39. The zero-order valence-electron chi connectivity index (χ0n) is 11.2. The number of nitrogens with zero attached hydrogens (tertiary/aromatic N) is 1. The molecule has 5 nitrogen and oxygen atoms in total. The molecule has 1 atom stereocenters. The first-order valence-electron chi connectivity index (χ1n) is 5.76. The lowest BCUT2D eigenvalue weighted by molar-refractivity contribution is 0.350. The Morgan fingerprint density at radius 3 is 2.37 bits per heavy atom. The molecule has 0 heterocycles. The molecule has 0 spiro atoms. The van der Waals surface area contributed by atoms with E-state index in [1.165, 1.54) is 14.1 Å². The number of aliphatic hydroxyl groups is 1. The summed E-state index contributed by atoms with van der Waals surface area (Å²) < 4.78 is 27.1.